The number of benzene rings is 2. The first-order chi connectivity index (χ1) is 15.9. The van der Waals surface area contributed by atoms with Crippen LogP contribution in [0.15, 0.2) is 53.4 Å². The molecule has 2 aromatic carbocycles. The Morgan fingerprint density at radius 2 is 1.61 bits per heavy atom. The van der Waals surface area contributed by atoms with Crippen LogP contribution in [0.2, 0.25) is 0 Å². The minimum absolute atomic E-state index is 0.00973. The fourth-order valence-corrected chi connectivity index (χ4v) is 6.39. The molecule has 1 atom stereocenters. The van der Waals surface area contributed by atoms with Crippen molar-refractivity contribution >= 4 is 21.6 Å². The van der Waals surface area contributed by atoms with Crippen LogP contribution < -0.4 is 15.0 Å². The summed E-state index contributed by atoms with van der Waals surface area (Å²) in [5.41, 5.74) is 1.64. The van der Waals surface area contributed by atoms with Crippen LogP contribution >= 0.6 is 0 Å². The molecular weight excluding hydrogens is 438 g/mol. The third-order valence-corrected chi connectivity index (χ3v) is 8.76. The summed E-state index contributed by atoms with van der Waals surface area (Å²) in [5.74, 6) is 0.679. The number of nitrogens with zero attached hydrogens (tertiary/aromatic N) is 2. The van der Waals surface area contributed by atoms with E-state index in [-0.39, 0.29) is 22.9 Å². The van der Waals surface area contributed by atoms with Crippen LogP contribution in [0.1, 0.15) is 49.4 Å². The number of sulfonamides is 1. The third-order valence-electron chi connectivity index (χ3n) is 6.73. The van der Waals surface area contributed by atoms with Crippen LogP contribution in [-0.2, 0) is 10.0 Å². The maximum absolute atomic E-state index is 13.0. The molecule has 0 spiro atoms. The molecule has 2 saturated heterocycles. The van der Waals surface area contributed by atoms with Gasteiger partial charge in [0.25, 0.3) is 5.91 Å². The topological polar surface area (TPSA) is 79.0 Å². The van der Waals surface area contributed by atoms with Gasteiger partial charge in [-0.1, -0.05) is 6.42 Å². The zero-order chi connectivity index (χ0) is 23.4. The smallest absolute Gasteiger partial charge is 0.251 e. The normalized spacial score (nSPS) is 20.4. The number of hydrogen-bond acceptors (Lipinski definition) is 5. The molecule has 0 aromatic heterocycles. The molecular formula is C25H33N3O4S. The number of anilines is 1. The summed E-state index contributed by atoms with van der Waals surface area (Å²) in [7, 11) is -1.87. The number of amides is 1. The van der Waals surface area contributed by atoms with Gasteiger partial charge in [0.15, 0.2) is 0 Å². The predicted molar refractivity (Wildman–Crippen MR) is 129 cm³/mol. The highest BCUT2D eigenvalue weighted by Crippen LogP contribution is 2.26. The van der Waals surface area contributed by atoms with Gasteiger partial charge < -0.3 is 15.0 Å². The molecule has 2 aromatic rings. The highest BCUT2D eigenvalue weighted by Gasteiger charge is 2.31. The maximum atomic E-state index is 13.0. The quantitative estimate of drug-likeness (QED) is 0.696. The number of nitrogens with one attached hydrogen (secondary N) is 1. The summed E-state index contributed by atoms with van der Waals surface area (Å²) in [6.45, 7) is 4.24. The van der Waals surface area contributed by atoms with Crippen molar-refractivity contribution in [3.8, 4) is 5.75 Å². The first-order valence-corrected chi connectivity index (χ1v) is 13.1. The second-order valence-corrected chi connectivity index (χ2v) is 10.8. The Kier molecular flexibility index (Phi) is 7.24. The monoisotopic (exact) mass is 471 g/mol. The Morgan fingerprint density at radius 1 is 0.939 bits per heavy atom. The summed E-state index contributed by atoms with van der Waals surface area (Å²) >= 11 is 0. The fourth-order valence-electron chi connectivity index (χ4n) is 4.69. The van der Waals surface area contributed by atoms with Crippen LogP contribution in [0.5, 0.6) is 5.75 Å². The van der Waals surface area contributed by atoms with Crippen molar-refractivity contribution in [2.24, 2.45) is 0 Å². The minimum atomic E-state index is -3.53. The van der Waals surface area contributed by atoms with Gasteiger partial charge in [-0.2, -0.15) is 4.31 Å². The van der Waals surface area contributed by atoms with E-state index in [1.807, 2.05) is 19.1 Å². The molecule has 7 nitrogen and oxygen atoms in total. The summed E-state index contributed by atoms with van der Waals surface area (Å²) in [5, 5.41) is 3.11. The summed E-state index contributed by atoms with van der Waals surface area (Å²) in [6.07, 6.45) is 4.55. The zero-order valence-corrected chi connectivity index (χ0v) is 20.2. The van der Waals surface area contributed by atoms with E-state index < -0.39 is 10.0 Å². The fraction of sp³-hybridized carbons (Fsp3) is 0.480. The molecule has 0 bridgehead atoms. The van der Waals surface area contributed by atoms with Crippen molar-refractivity contribution in [3.05, 3.63) is 54.1 Å². The molecule has 1 amide bonds. The Bertz CT molecular complexity index is 1050. The van der Waals surface area contributed by atoms with E-state index in [1.165, 1.54) is 0 Å². The standard InChI is InChI=1S/C25H33N3O4S/c1-19-5-3-4-16-28(19)33(30,31)24-12-6-20(7-13-24)25(29)26-21-14-17-27(18-15-21)22-8-10-23(32-2)11-9-22/h6-13,19,21H,3-5,14-18H2,1-2H3,(H,26,29). The van der Waals surface area contributed by atoms with Crippen molar-refractivity contribution in [2.45, 2.75) is 56.0 Å². The molecule has 4 rings (SSSR count). The van der Waals surface area contributed by atoms with Gasteiger partial charge in [-0.15, -0.1) is 0 Å². The average Bonchev–Trinajstić information content (AvgIpc) is 2.85. The molecule has 1 unspecified atom stereocenters. The van der Waals surface area contributed by atoms with E-state index >= 15 is 0 Å². The highest BCUT2D eigenvalue weighted by molar-refractivity contribution is 7.89. The lowest BCUT2D eigenvalue weighted by molar-refractivity contribution is 0.0931. The number of carbonyl (C=O) groups is 1. The molecule has 8 heteroatoms. The van der Waals surface area contributed by atoms with Gasteiger partial charge in [-0.3, -0.25) is 4.79 Å². The van der Waals surface area contributed by atoms with Gasteiger partial charge in [0, 0.05) is 43.0 Å². The largest absolute Gasteiger partial charge is 0.497 e. The van der Waals surface area contributed by atoms with E-state index in [4.69, 9.17) is 4.74 Å². The van der Waals surface area contributed by atoms with Gasteiger partial charge >= 0.3 is 0 Å². The van der Waals surface area contributed by atoms with Crippen LogP contribution in [0.25, 0.3) is 0 Å². The van der Waals surface area contributed by atoms with Gasteiger partial charge in [0.1, 0.15) is 5.75 Å². The van der Waals surface area contributed by atoms with E-state index in [9.17, 15) is 13.2 Å². The molecule has 0 saturated carbocycles. The molecule has 0 aliphatic carbocycles. The van der Waals surface area contributed by atoms with Gasteiger partial charge in [-0.05, 0) is 81.1 Å². The Labute approximate surface area is 196 Å². The SMILES string of the molecule is COc1ccc(N2CCC(NC(=O)c3ccc(S(=O)(=O)N4CCCCC4C)cc3)CC2)cc1. The highest BCUT2D eigenvalue weighted by atomic mass is 32.2. The molecule has 178 valence electrons. The van der Waals surface area contributed by atoms with Crippen molar-refractivity contribution < 1.29 is 17.9 Å². The van der Waals surface area contributed by atoms with Crippen LogP contribution in [0, 0.1) is 0 Å². The first kappa shape index (κ1) is 23.6. The maximum Gasteiger partial charge on any atom is 0.251 e. The number of carbonyl (C=O) groups excluding carboxylic acids is 1. The number of hydrogen-bond donors (Lipinski definition) is 1. The van der Waals surface area contributed by atoms with Gasteiger partial charge in [0.05, 0.1) is 12.0 Å². The second kappa shape index (κ2) is 10.1. The number of piperidine rings is 2. The lowest BCUT2D eigenvalue weighted by atomic mass is 10.0. The Morgan fingerprint density at radius 3 is 2.21 bits per heavy atom. The number of methoxy groups -OCH3 is 1. The Hall–Kier alpha value is -2.58. The van der Waals surface area contributed by atoms with Crippen molar-refractivity contribution in [3.63, 3.8) is 0 Å². The van der Waals surface area contributed by atoms with Crippen molar-refractivity contribution in [2.75, 3.05) is 31.6 Å². The van der Waals surface area contributed by atoms with Crippen molar-refractivity contribution in [1.29, 1.82) is 0 Å². The molecule has 0 radical (unpaired) electrons. The molecule has 33 heavy (non-hydrogen) atoms. The van der Waals surface area contributed by atoms with Crippen LogP contribution in [-0.4, -0.2) is 57.5 Å². The van der Waals surface area contributed by atoms with Crippen LogP contribution in [0.4, 0.5) is 5.69 Å². The summed E-state index contributed by atoms with van der Waals surface area (Å²) in [4.78, 5) is 15.3. The van der Waals surface area contributed by atoms with Gasteiger partial charge in [0.2, 0.25) is 10.0 Å². The third kappa shape index (κ3) is 5.33. The molecule has 2 heterocycles. The molecule has 2 fully saturated rings. The number of rotatable bonds is 6. The van der Waals surface area contributed by atoms with Gasteiger partial charge in [-0.25, -0.2) is 8.42 Å². The zero-order valence-electron chi connectivity index (χ0n) is 19.4. The second-order valence-electron chi connectivity index (χ2n) is 8.92. The van der Waals surface area contributed by atoms with E-state index in [2.05, 4.69) is 22.3 Å². The average molecular weight is 472 g/mol. The minimum Gasteiger partial charge on any atom is -0.497 e. The molecule has 2 aliphatic heterocycles. The number of ether oxygens (including phenoxy) is 1. The lowest BCUT2D eigenvalue weighted by Crippen LogP contribution is -2.44. The summed E-state index contributed by atoms with van der Waals surface area (Å²) in [6, 6.07) is 14.5. The Balaban J connectivity index is 1.32. The predicted octanol–water partition coefficient (Wildman–Crippen LogP) is 3.66. The van der Waals surface area contributed by atoms with E-state index in [1.54, 1.807) is 35.7 Å². The van der Waals surface area contributed by atoms with Crippen LogP contribution in [0.3, 0.4) is 0 Å². The molecule has 2 aliphatic rings. The van der Waals surface area contributed by atoms with Crippen molar-refractivity contribution in [1.82, 2.24) is 9.62 Å². The first-order valence-electron chi connectivity index (χ1n) is 11.7. The molecule has 1 N–H and O–H groups in total. The summed E-state index contributed by atoms with van der Waals surface area (Å²) < 4.78 is 32.8. The lowest BCUT2D eigenvalue weighted by Gasteiger charge is -2.34. The van der Waals surface area contributed by atoms with E-state index in [0.717, 1.165) is 56.6 Å². The van der Waals surface area contributed by atoms with E-state index in [0.29, 0.717) is 12.1 Å².